The predicted molar refractivity (Wildman–Crippen MR) is 81.1 cm³/mol. The van der Waals surface area contributed by atoms with Crippen molar-refractivity contribution in [2.75, 3.05) is 19.8 Å². The SMILES string of the molecule is c1ccc2c(c1)CCCc1sc(C3COCCN3)nc1-2. The summed E-state index contributed by atoms with van der Waals surface area (Å²) in [5.41, 5.74) is 3.99. The zero-order valence-corrected chi connectivity index (χ0v) is 12.2. The normalized spacial score (nSPS) is 21.9. The van der Waals surface area contributed by atoms with Gasteiger partial charge in [0.1, 0.15) is 5.01 Å². The summed E-state index contributed by atoms with van der Waals surface area (Å²) in [4.78, 5) is 6.39. The van der Waals surface area contributed by atoms with Crippen LogP contribution < -0.4 is 5.32 Å². The number of nitrogens with zero attached hydrogens (tertiary/aromatic N) is 1. The molecule has 20 heavy (non-hydrogen) atoms. The molecule has 0 spiro atoms. The fourth-order valence-corrected chi connectivity index (χ4v) is 4.21. The van der Waals surface area contributed by atoms with Crippen LogP contribution in [0.25, 0.3) is 11.3 Å². The molecule has 4 rings (SSSR count). The lowest BCUT2D eigenvalue weighted by molar-refractivity contribution is 0.0768. The molecule has 1 aromatic carbocycles. The monoisotopic (exact) mass is 286 g/mol. The van der Waals surface area contributed by atoms with Gasteiger partial charge in [0, 0.05) is 17.0 Å². The Balaban J connectivity index is 1.75. The van der Waals surface area contributed by atoms with E-state index < -0.39 is 0 Å². The summed E-state index contributed by atoms with van der Waals surface area (Å²) in [6.45, 7) is 2.48. The summed E-state index contributed by atoms with van der Waals surface area (Å²) in [6.07, 6.45) is 3.54. The van der Waals surface area contributed by atoms with Crippen LogP contribution in [0, 0.1) is 0 Å². The minimum atomic E-state index is 0.271. The van der Waals surface area contributed by atoms with Gasteiger partial charge in [-0.1, -0.05) is 24.3 Å². The molecular weight excluding hydrogens is 268 g/mol. The molecule has 0 amide bonds. The molecule has 3 nitrogen and oxygen atoms in total. The van der Waals surface area contributed by atoms with Gasteiger partial charge in [-0.05, 0) is 24.8 Å². The van der Waals surface area contributed by atoms with Gasteiger partial charge < -0.3 is 10.1 Å². The van der Waals surface area contributed by atoms with Gasteiger partial charge in [-0.2, -0.15) is 0 Å². The molecule has 1 fully saturated rings. The van der Waals surface area contributed by atoms with E-state index in [4.69, 9.17) is 9.72 Å². The van der Waals surface area contributed by atoms with E-state index >= 15 is 0 Å². The van der Waals surface area contributed by atoms with Gasteiger partial charge >= 0.3 is 0 Å². The van der Waals surface area contributed by atoms with Crippen LogP contribution in [0.1, 0.15) is 27.9 Å². The highest BCUT2D eigenvalue weighted by Crippen LogP contribution is 2.37. The summed E-state index contributed by atoms with van der Waals surface area (Å²) in [5.74, 6) is 0. The van der Waals surface area contributed by atoms with Crippen molar-refractivity contribution in [3.05, 3.63) is 39.7 Å². The Morgan fingerprint density at radius 1 is 1.25 bits per heavy atom. The van der Waals surface area contributed by atoms with Gasteiger partial charge in [0.25, 0.3) is 0 Å². The average molecular weight is 286 g/mol. The number of benzene rings is 1. The quantitative estimate of drug-likeness (QED) is 0.875. The Morgan fingerprint density at radius 2 is 2.20 bits per heavy atom. The molecule has 104 valence electrons. The summed E-state index contributed by atoms with van der Waals surface area (Å²) in [5, 5.41) is 4.69. The maximum atomic E-state index is 5.57. The van der Waals surface area contributed by atoms with Crippen molar-refractivity contribution in [1.82, 2.24) is 10.3 Å². The molecule has 1 saturated heterocycles. The first-order valence-corrected chi connectivity index (χ1v) is 8.12. The molecule has 0 bridgehead atoms. The standard InChI is InChI=1S/C16H18N2OS/c1-2-6-12-11(4-1)5-3-7-14-15(12)18-16(20-14)13-10-19-9-8-17-13/h1-2,4,6,13,17H,3,5,7-10H2. The molecule has 0 saturated carbocycles. The van der Waals surface area contributed by atoms with Crippen molar-refractivity contribution >= 4 is 11.3 Å². The van der Waals surface area contributed by atoms with E-state index in [1.54, 1.807) is 0 Å². The van der Waals surface area contributed by atoms with Crippen LogP contribution >= 0.6 is 11.3 Å². The van der Waals surface area contributed by atoms with Gasteiger partial charge in [-0.25, -0.2) is 4.98 Å². The first kappa shape index (κ1) is 12.5. The largest absolute Gasteiger partial charge is 0.378 e. The lowest BCUT2D eigenvalue weighted by atomic mass is 10.0. The lowest BCUT2D eigenvalue weighted by Gasteiger charge is -2.21. The van der Waals surface area contributed by atoms with E-state index in [0.29, 0.717) is 0 Å². The molecule has 1 unspecified atom stereocenters. The van der Waals surface area contributed by atoms with Crippen molar-refractivity contribution in [3.63, 3.8) is 0 Å². The van der Waals surface area contributed by atoms with Crippen molar-refractivity contribution in [2.45, 2.75) is 25.3 Å². The van der Waals surface area contributed by atoms with Crippen LogP contribution in [0.3, 0.4) is 0 Å². The van der Waals surface area contributed by atoms with Crippen LogP contribution in [-0.4, -0.2) is 24.7 Å². The second kappa shape index (κ2) is 5.28. The Labute approximate surface area is 123 Å². The first-order valence-electron chi connectivity index (χ1n) is 7.31. The molecule has 1 aliphatic heterocycles. The third-order valence-electron chi connectivity index (χ3n) is 4.06. The molecule has 4 heteroatoms. The third-order valence-corrected chi connectivity index (χ3v) is 5.28. The van der Waals surface area contributed by atoms with Crippen LogP contribution in [0.4, 0.5) is 0 Å². The first-order chi connectivity index (χ1) is 9.92. The molecule has 2 aliphatic rings. The molecule has 1 N–H and O–H groups in total. The van der Waals surface area contributed by atoms with Gasteiger partial charge in [0.2, 0.25) is 0 Å². The summed E-state index contributed by atoms with van der Waals surface area (Å²) in [6, 6.07) is 8.98. The number of rotatable bonds is 1. The Bertz CT molecular complexity index is 617. The van der Waals surface area contributed by atoms with Crippen LogP contribution in [-0.2, 0) is 17.6 Å². The second-order valence-corrected chi connectivity index (χ2v) is 6.53. The summed E-state index contributed by atoms with van der Waals surface area (Å²) < 4.78 is 5.57. The van der Waals surface area contributed by atoms with Gasteiger partial charge in [0.15, 0.2) is 0 Å². The fraction of sp³-hybridized carbons (Fsp3) is 0.438. The topological polar surface area (TPSA) is 34.1 Å². The maximum Gasteiger partial charge on any atom is 0.113 e. The zero-order chi connectivity index (χ0) is 13.4. The third kappa shape index (κ3) is 2.18. The molecule has 1 aromatic heterocycles. The predicted octanol–water partition coefficient (Wildman–Crippen LogP) is 2.96. The highest BCUT2D eigenvalue weighted by atomic mass is 32.1. The number of hydrogen-bond acceptors (Lipinski definition) is 4. The van der Waals surface area contributed by atoms with Crippen LogP contribution in [0.2, 0.25) is 0 Å². The number of aromatic nitrogens is 1. The van der Waals surface area contributed by atoms with E-state index in [9.17, 15) is 0 Å². The van der Waals surface area contributed by atoms with Crippen LogP contribution in [0.5, 0.6) is 0 Å². The average Bonchev–Trinajstić information content (AvgIpc) is 2.85. The van der Waals surface area contributed by atoms with Gasteiger partial charge in [-0.15, -0.1) is 11.3 Å². The summed E-state index contributed by atoms with van der Waals surface area (Å²) >= 11 is 1.87. The Hall–Kier alpha value is -1.23. The number of ether oxygens (including phenoxy) is 1. The Kier molecular flexibility index (Phi) is 3.30. The number of aryl methyl sites for hydroxylation is 2. The zero-order valence-electron chi connectivity index (χ0n) is 11.4. The van der Waals surface area contributed by atoms with E-state index in [1.165, 1.54) is 39.5 Å². The van der Waals surface area contributed by atoms with Crippen LogP contribution in [0.15, 0.2) is 24.3 Å². The number of thiazole rings is 1. The number of morpholine rings is 1. The van der Waals surface area contributed by atoms with Gasteiger partial charge in [-0.3, -0.25) is 0 Å². The maximum absolute atomic E-state index is 5.57. The molecule has 1 aliphatic carbocycles. The van der Waals surface area contributed by atoms with Crippen molar-refractivity contribution in [2.24, 2.45) is 0 Å². The number of nitrogens with one attached hydrogen (secondary N) is 1. The summed E-state index contributed by atoms with van der Waals surface area (Å²) in [7, 11) is 0. The van der Waals surface area contributed by atoms with Gasteiger partial charge in [0.05, 0.1) is 24.9 Å². The minimum absolute atomic E-state index is 0.271. The highest BCUT2D eigenvalue weighted by molar-refractivity contribution is 7.12. The molecule has 1 atom stereocenters. The second-order valence-electron chi connectivity index (χ2n) is 5.42. The molecular formula is C16H18N2OS. The molecule has 0 radical (unpaired) electrons. The van der Waals surface area contributed by atoms with E-state index in [1.807, 2.05) is 11.3 Å². The lowest BCUT2D eigenvalue weighted by Crippen LogP contribution is -2.34. The van der Waals surface area contributed by atoms with Crippen molar-refractivity contribution in [3.8, 4) is 11.3 Å². The van der Waals surface area contributed by atoms with E-state index in [-0.39, 0.29) is 6.04 Å². The molecule has 2 heterocycles. The number of hydrogen-bond donors (Lipinski definition) is 1. The molecule has 2 aromatic rings. The highest BCUT2D eigenvalue weighted by Gasteiger charge is 2.24. The smallest absolute Gasteiger partial charge is 0.113 e. The fourth-order valence-electron chi connectivity index (χ4n) is 3.03. The number of fused-ring (bicyclic) bond motifs is 3. The Morgan fingerprint density at radius 3 is 3.10 bits per heavy atom. The van der Waals surface area contributed by atoms with E-state index in [0.717, 1.165) is 26.2 Å². The van der Waals surface area contributed by atoms with E-state index in [2.05, 4.69) is 29.6 Å². The van der Waals surface area contributed by atoms with Crippen molar-refractivity contribution < 1.29 is 4.74 Å². The van der Waals surface area contributed by atoms with Crippen molar-refractivity contribution in [1.29, 1.82) is 0 Å². The minimum Gasteiger partial charge on any atom is -0.378 e.